The molecule has 0 unspecified atom stereocenters. The SMILES string of the molecule is Cc1cccc(N2CCN(C(=O)CNC(=O)c3ccc(Br)o3)CC2)c1C. The fraction of sp³-hybridized carbons (Fsp3) is 0.368. The highest BCUT2D eigenvalue weighted by molar-refractivity contribution is 9.10. The summed E-state index contributed by atoms with van der Waals surface area (Å²) < 4.78 is 5.66. The molecule has 1 fully saturated rings. The first-order valence-electron chi connectivity index (χ1n) is 8.58. The number of furan rings is 1. The van der Waals surface area contributed by atoms with E-state index >= 15 is 0 Å². The molecule has 1 aliphatic heterocycles. The maximum Gasteiger partial charge on any atom is 0.287 e. The number of carbonyl (C=O) groups is 2. The topological polar surface area (TPSA) is 65.8 Å². The highest BCUT2D eigenvalue weighted by Crippen LogP contribution is 2.23. The number of anilines is 1. The van der Waals surface area contributed by atoms with Crippen molar-refractivity contribution < 1.29 is 14.0 Å². The normalized spacial score (nSPS) is 14.4. The van der Waals surface area contributed by atoms with Crippen molar-refractivity contribution in [2.45, 2.75) is 13.8 Å². The summed E-state index contributed by atoms with van der Waals surface area (Å²) in [5.74, 6) is -0.285. The van der Waals surface area contributed by atoms with Crippen molar-refractivity contribution in [3.05, 3.63) is 51.9 Å². The van der Waals surface area contributed by atoms with Gasteiger partial charge in [0, 0.05) is 31.9 Å². The summed E-state index contributed by atoms with van der Waals surface area (Å²) >= 11 is 3.15. The second-order valence-corrected chi connectivity index (χ2v) is 7.15. The lowest BCUT2D eigenvalue weighted by Gasteiger charge is -2.37. The van der Waals surface area contributed by atoms with E-state index in [0.29, 0.717) is 17.8 Å². The molecule has 7 heteroatoms. The van der Waals surface area contributed by atoms with Crippen molar-refractivity contribution in [1.29, 1.82) is 0 Å². The molecule has 3 rings (SSSR count). The highest BCUT2D eigenvalue weighted by Gasteiger charge is 2.23. The number of nitrogens with zero attached hydrogens (tertiary/aromatic N) is 2. The number of carbonyl (C=O) groups excluding carboxylic acids is 2. The van der Waals surface area contributed by atoms with Gasteiger partial charge in [-0.05, 0) is 59.1 Å². The summed E-state index contributed by atoms with van der Waals surface area (Å²) in [6.07, 6.45) is 0. The Kier molecular flexibility index (Phi) is 5.66. The summed E-state index contributed by atoms with van der Waals surface area (Å²) in [5, 5.41) is 2.61. The lowest BCUT2D eigenvalue weighted by Crippen LogP contribution is -2.51. The predicted octanol–water partition coefficient (Wildman–Crippen LogP) is 2.74. The predicted molar refractivity (Wildman–Crippen MR) is 103 cm³/mol. The minimum Gasteiger partial charge on any atom is -0.444 e. The van der Waals surface area contributed by atoms with Crippen LogP contribution in [0.3, 0.4) is 0 Å². The second kappa shape index (κ2) is 7.95. The van der Waals surface area contributed by atoms with Crippen molar-refractivity contribution in [2.75, 3.05) is 37.6 Å². The molecule has 1 aromatic heterocycles. The molecule has 1 saturated heterocycles. The summed E-state index contributed by atoms with van der Waals surface area (Å²) in [7, 11) is 0. The minimum absolute atomic E-state index is 0.0272. The fourth-order valence-corrected chi connectivity index (χ4v) is 3.37. The summed E-state index contributed by atoms with van der Waals surface area (Å²) in [5.41, 5.74) is 3.78. The molecule has 0 bridgehead atoms. The number of benzene rings is 1. The highest BCUT2D eigenvalue weighted by atomic mass is 79.9. The van der Waals surface area contributed by atoms with Crippen LogP contribution in [-0.4, -0.2) is 49.4 Å². The number of hydrogen-bond acceptors (Lipinski definition) is 4. The first-order valence-corrected chi connectivity index (χ1v) is 9.37. The monoisotopic (exact) mass is 419 g/mol. The lowest BCUT2D eigenvalue weighted by atomic mass is 10.1. The Bertz CT molecular complexity index is 810. The van der Waals surface area contributed by atoms with Crippen LogP contribution in [0.1, 0.15) is 21.7 Å². The first-order chi connectivity index (χ1) is 12.5. The van der Waals surface area contributed by atoms with Gasteiger partial charge < -0.3 is 19.5 Å². The number of aryl methyl sites for hydroxylation is 1. The quantitative estimate of drug-likeness (QED) is 0.826. The van der Waals surface area contributed by atoms with Gasteiger partial charge in [-0.15, -0.1) is 0 Å². The van der Waals surface area contributed by atoms with Crippen LogP contribution in [0, 0.1) is 13.8 Å². The van der Waals surface area contributed by atoms with Gasteiger partial charge in [0.05, 0.1) is 6.54 Å². The molecule has 0 spiro atoms. The minimum atomic E-state index is -0.391. The molecule has 0 saturated carbocycles. The van der Waals surface area contributed by atoms with Gasteiger partial charge >= 0.3 is 0 Å². The Morgan fingerprint density at radius 1 is 1.12 bits per heavy atom. The lowest BCUT2D eigenvalue weighted by molar-refractivity contribution is -0.130. The average molecular weight is 420 g/mol. The van der Waals surface area contributed by atoms with Crippen LogP contribution in [-0.2, 0) is 4.79 Å². The van der Waals surface area contributed by atoms with Crippen LogP contribution >= 0.6 is 15.9 Å². The van der Waals surface area contributed by atoms with Gasteiger partial charge in [-0.3, -0.25) is 9.59 Å². The van der Waals surface area contributed by atoms with E-state index in [9.17, 15) is 9.59 Å². The fourth-order valence-electron chi connectivity index (χ4n) is 3.07. The Morgan fingerprint density at radius 2 is 1.85 bits per heavy atom. The maximum absolute atomic E-state index is 12.4. The zero-order valence-corrected chi connectivity index (χ0v) is 16.5. The number of rotatable bonds is 4. The number of halogens is 1. The molecule has 1 aromatic carbocycles. The zero-order chi connectivity index (χ0) is 18.7. The van der Waals surface area contributed by atoms with E-state index in [4.69, 9.17) is 4.42 Å². The van der Waals surface area contributed by atoms with Crippen molar-refractivity contribution in [1.82, 2.24) is 10.2 Å². The Hall–Kier alpha value is -2.28. The van der Waals surface area contributed by atoms with E-state index in [1.165, 1.54) is 16.8 Å². The van der Waals surface area contributed by atoms with Gasteiger partial charge in [0.15, 0.2) is 10.4 Å². The second-order valence-electron chi connectivity index (χ2n) is 6.37. The Labute approximate surface area is 161 Å². The van der Waals surface area contributed by atoms with Crippen LogP contribution in [0.25, 0.3) is 0 Å². The number of nitrogens with one attached hydrogen (secondary N) is 1. The van der Waals surface area contributed by atoms with Crippen molar-refractivity contribution in [3.63, 3.8) is 0 Å². The van der Waals surface area contributed by atoms with E-state index in [-0.39, 0.29) is 18.2 Å². The van der Waals surface area contributed by atoms with Gasteiger partial charge in [0.1, 0.15) is 0 Å². The van der Waals surface area contributed by atoms with E-state index in [1.54, 1.807) is 17.0 Å². The third-order valence-corrected chi connectivity index (χ3v) is 5.17. The molecule has 2 aromatic rings. The summed E-state index contributed by atoms with van der Waals surface area (Å²) in [6, 6.07) is 9.51. The molecule has 1 N–H and O–H groups in total. The van der Waals surface area contributed by atoms with E-state index in [1.807, 2.05) is 0 Å². The van der Waals surface area contributed by atoms with E-state index < -0.39 is 5.91 Å². The molecular weight excluding hydrogens is 398 g/mol. The van der Waals surface area contributed by atoms with Crippen molar-refractivity contribution in [3.8, 4) is 0 Å². The molecule has 138 valence electrons. The van der Waals surface area contributed by atoms with Crippen molar-refractivity contribution in [2.24, 2.45) is 0 Å². The summed E-state index contributed by atoms with van der Waals surface area (Å²) in [6.45, 7) is 7.08. The van der Waals surface area contributed by atoms with Crippen LogP contribution in [0.15, 0.2) is 39.4 Å². The molecule has 0 atom stereocenters. The molecule has 0 aliphatic carbocycles. The maximum atomic E-state index is 12.4. The Balaban J connectivity index is 1.50. The van der Waals surface area contributed by atoms with Gasteiger partial charge in [-0.1, -0.05) is 12.1 Å². The molecule has 6 nitrogen and oxygen atoms in total. The number of piperazine rings is 1. The van der Waals surface area contributed by atoms with Crippen LogP contribution in [0.2, 0.25) is 0 Å². The van der Waals surface area contributed by atoms with Crippen LogP contribution in [0.4, 0.5) is 5.69 Å². The molecule has 2 amide bonds. The number of hydrogen-bond donors (Lipinski definition) is 1. The van der Waals surface area contributed by atoms with Gasteiger partial charge in [-0.2, -0.15) is 0 Å². The molecule has 0 radical (unpaired) electrons. The largest absolute Gasteiger partial charge is 0.444 e. The van der Waals surface area contributed by atoms with Gasteiger partial charge in [-0.25, -0.2) is 0 Å². The third-order valence-electron chi connectivity index (χ3n) is 4.75. The smallest absolute Gasteiger partial charge is 0.287 e. The summed E-state index contributed by atoms with van der Waals surface area (Å²) in [4.78, 5) is 28.4. The zero-order valence-electron chi connectivity index (χ0n) is 14.9. The molecule has 1 aliphatic rings. The Morgan fingerprint density at radius 3 is 2.50 bits per heavy atom. The first kappa shape index (κ1) is 18.5. The molecule has 2 heterocycles. The van der Waals surface area contributed by atoms with Crippen molar-refractivity contribution >= 4 is 33.4 Å². The average Bonchev–Trinajstić information content (AvgIpc) is 3.08. The van der Waals surface area contributed by atoms with Crippen LogP contribution in [0.5, 0.6) is 0 Å². The molecule has 26 heavy (non-hydrogen) atoms. The number of amides is 2. The van der Waals surface area contributed by atoms with E-state index in [2.05, 4.69) is 58.2 Å². The standard InChI is InChI=1S/C19H22BrN3O3/c1-13-4-3-5-15(14(13)2)22-8-10-23(11-9-22)18(24)12-21-19(25)16-6-7-17(20)26-16/h3-7H,8-12H2,1-2H3,(H,21,25). The van der Waals surface area contributed by atoms with Crippen LogP contribution < -0.4 is 10.2 Å². The van der Waals surface area contributed by atoms with E-state index in [0.717, 1.165) is 13.1 Å². The third kappa shape index (κ3) is 4.09. The van der Waals surface area contributed by atoms with Gasteiger partial charge in [0.2, 0.25) is 5.91 Å². The van der Waals surface area contributed by atoms with Gasteiger partial charge in [0.25, 0.3) is 5.91 Å². The molecular formula is C19H22BrN3O3.